The summed E-state index contributed by atoms with van der Waals surface area (Å²) in [4.78, 5) is 53.9. The molecular weight excluding hydrogens is 430 g/mol. The second kappa shape index (κ2) is 7.41. The van der Waals surface area contributed by atoms with E-state index in [-0.39, 0.29) is 35.1 Å². The standard InChI is InChI=1S/C19H19N3O4S3/c23-11(21-6-2-1-3-7-21)9-22-18-15(29-19(22)26)12(10-5-4-8-27-10)13-14(28-18)17(25)20-16(13)24/h4-5,8,12-14H,1-3,6-7,9H2,(H,20,24,25)/t12-,13?,14?/m0/s1. The number of carbonyl (C=O) groups excluding carboxylic acids is 3. The van der Waals surface area contributed by atoms with Gasteiger partial charge in [0.1, 0.15) is 11.8 Å². The van der Waals surface area contributed by atoms with Crippen molar-refractivity contribution in [3.8, 4) is 0 Å². The maximum Gasteiger partial charge on any atom is 0.308 e. The third-order valence-electron chi connectivity index (χ3n) is 5.74. The van der Waals surface area contributed by atoms with Gasteiger partial charge in [-0.15, -0.1) is 11.3 Å². The zero-order chi connectivity index (χ0) is 20.1. The third-order valence-corrected chi connectivity index (χ3v) is 9.31. The van der Waals surface area contributed by atoms with E-state index in [0.717, 1.165) is 53.4 Å². The van der Waals surface area contributed by atoms with E-state index >= 15 is 0 Å². The molecule has 10 heteroatoms. The van der Waals surface area contributed by atoms with Gasteiger partial charge in [0.05, 0.1) is 10.9 Å². The number of carbonyl (C=O) groups is 3. The molecule has 2 saturated heterocycles. The molecule has 7 nitrogen and oxygen atoms in total. The molecule has 0 bridgehead atoms. The Morgan fingerprint density at radius 1 is 1.14 bits per heavy atom. The van der Waals surface area contributed by atoms with E-state index in [1.807, 2.05) is 22.4 Å². The van der Waals surface area contributed by atoms with E-state index in [0.29, 0.717) is 5.03 Å². The maximum atomic E-state index is 12.8. The fourth-order valence-corrected chi connectivity index (χ4v) is 8.02. The maximum absolute atomic E-state index is 12.8. The van der Waals surface area contributed by atoms with Gasteiger partial charge in [-0.2, -0.15) is 0 Å². The number of piperidine rings is 1. The third kappa shape index (κ3) is 3.17. The minimum absolute atomic E-state index is 0.0121. The number of hydrogen-bond donors (Lipinski definition) is 1. The molecule has 3 aliphatic rings. The fourth-order valence-electron chi connectivity index (χ4n) is 4.33. The zero-order valence-electron chi connectivity index (χ0n) is 15.5. The number of fused-ring (bicyclic) bond motifs is 2. The average Bonchev–Trinajstić information content (AvgIpc) is 3.42. The summed E-state index contributed by atoms with van der Waals surface area (Å²) in [5.41, 5.74) is 0. The first-order valence-corrected chi connectivity index (χ1v) is 12.2. The van der Waals surface area contributed by atoms with Crippen LogP contribution in [0.2, 0.25) is 0 Å². The van der Waals surface area contributed by atoms with Crippen LogP contribution in [0.5, 0.6) is 0 Å². The molecule has 152 valence electrons. The van der Waals surface area contributed by atoms with Gasteiger partial charge in [0.15, 0.2) is 0 Å². The highest BCUT2D eigenvalue weighted by Crippen LogP contribution is 2.52. The molecule has 2 aromatic heterocycles. The molecule has 1 N–H and O–H groups in total. The monoisotopic (exact) mass is 449 g/mol. The predicted molar refractivity (Wildman–Crippen MR) is 111 cm³/mol. The number of thioether (sulfide) groups is 1. The van der Waals surface area contributed by atoms with Crippen molar-refractivity contribution in [2.45, 2.75) is 42.0 Å². The predicted octanol–water partition coefficient (Wildman–Crippen LogP) is 1.86. The van der Waals surface area contributed by atoms with Gasteiger partial charge in [0, 0.05) is 28.8 Å². The van der Waals surface area contributed by atoms with Crippen LogP contribution in [0.15, 0.2) is 27.3 Å². The van der Waals surface area contributed by atoms with E-state index in [2.05, 4.69) is 5.32 Å². The van der Waals surface area contributed by atoms with Gasteiger partial charge in [-0.3, -0.25) is 29.1 Å². The highest BCUT2D eigenvalue weighted by molar-refractivity contribution is 8.00. The van der Waals surface area contributed by atoms with Crippen molar-refractivity contribution in [3.63, 3.8) is 0 Å². The number of rotatable bonds is 3. The van der Waals surface area contributed by atoms with Gasteiger partial charge in [0.25, 0.3) is 0 Å². The van der Waals surface area contributed by atoms with E-state index in [4.69, 9.17) is 0 Å². The van der Waals surface area contributed by atoms with Gasteiger partial charge >= 0.3 is 4.87 Å². The van der Waals surface area contributed by atoms with Crippen molar-refractivity contribution in [3.05, 3.63) is 36.9 Å². The number of thiophene rings is 1. The van der Waals surface area contributed by atoms with Crippen molar-refractivity contribution in [2.24, 2.45) is 5.92 Å². The Hall–Kier alpha value is -1.91. The SMILES string of the molecule is O=C1NC(=O)C2C1Sc1c(sc(=O)n1CC(=O)N1CCCCC1)[C@H]2c1cccs1. The Labute approximate surface area is 179 Å². The summed E-state index contributed by atoms with van der Waals surface area (Å²) in [5.74, 6) is -1.51. The molecule has 5 heterocycles. The van der Waals surface area contributed by atoms with Crippen LogP contribution in [0.25, 0.3) is 0 Å². The lowest BCUT2D eigenvalue weighted by atomic mass is 9.87. The second-order valence-electron chi connectivity index (χ2n) is 7.48. The minimum Gasteiger partial charge on any atom is -0.341 e. The number of thiazole rings is 1. The Morgan fingerprint density at radius 3 is 2.66 bits per heavy atom. The molecule has 2 fully saturated rings. The highest BCUT2D eigenvalue weighted by atomic mass is 32.2. The summed E-state index contributed by atoms with van der Waals surface area (Å²) in [6, 6.07) is 3.85. The molecular formula is C19H19N3O4S3. The van der Waals surface area contributed by atoms with Gasteiger partial charge in [-0.25, -0.2) is 0 Å². The first-order chi connectivity index (χ1) is 14.0. The highest BCUT2D eigenvalue weighted by Gasteiger charge is 2.53. The van der Waals surface area contributed by atoms with Crippen molar-refractivity contribution in [1.82, 2.24) is 14.8 Å². The lowest BCUT2D eigenvalue weighted by Crippen LogP contribution is -2.39. The number of hydrogen-bond acceptors (Lipinski definition) is 7. The van der Waals surface area contributed by atoms with Crippen LogP contribution < -0.4 is 10.2 Å². The number of nitrogens with zero attached hydrogens (tertiary/aromatic N) is 2. The van der Waals surface area contributed by atoms with Gasteiger partial charge in [0.2, 0.25) is 17.7 Å². The van der Waals surface area contributed by atoms with E-state index in [1.54, 1.807) is 0 Å². The normalized spacial score (nSPS) is 26.2. The van der Waals surface area contributed by atoms with Crippen molar-refractivity contribution < 1.29 is 14.4 Å². The molecule has 0 radical (unpaired) electrons. The van der Waals surface area contributed by atoms with Crippen LogP contribution in [0, 0.1) is 5.92 Å². The number of amides is 3. The second-order valence-corrected chi connectivity index (χ2v) is 10.6. The summed E-state index contributed by atoms with van der Waals surface area (Å²) in [5, 5.41) is 4.47. The average molecular weight is 450 g/mol. The topological polar surface area (TPSA) is 88.5 Å². The molecule has 3 atom stereocenters. The van der Waals surface area contributed by atoms with E-state index in [9.17, 15) is 19.2 Å². The molecule has 0 saturated carbocycles. The van der Waals surface area contributed by atoms with Crippen LogP contribution in [-0.2, 0) is 20.9 Å². The zero-order valence-corrected chi connectivity index (χ0v) is 17.9. The lowest BCUT2D eigenvalue weighted by Gasteiger charge is -2.30. The molecule has 5 rings (SSSR count). The summed E-state index contributed by atoms with van der Waals surface area (Å²) in [6.45, 7) is 1.45. The van der Waals surface area contributed by atoms with Crippen LogP contribution in [0.4, 0.5) is 0 Å². The van der Waals surface area contributed by atoms with Gasteiger partial charge in [-0.05, 0) is 30.7 Å². The van der Waals surface area contributed by atoms with Crippen LogP contribution >= 0.6 is 34.4 Å². The molecule has 0 spiro atoms. The first kappa shape index (κ1) is 19.1. The number of likely N-dealkylation sites (tertiary alicyclic amines) is 1. The smallest absolute Gasteiger partial charge is 0.308 e. The molecule has 3 amide bonds. The van der Waals surface area contributed by atoms with E-state index in [1.165, 1.54) is 27.7 Å². The summed E-state index contributed by atoms with van der Waals surface area (Å²) in [6.07, 6.45) is 3.11. The molecule has 2 aromatic rings. The minimum atomic E-state index is -0.576. The fraction of sp³-hybridized carbons (Fsp3) is 0.474. The number of aromatic nitrogens is 1. The molecule has 0 aliphatic carbocycles. The van der Waals surface area contributed by atoms with Crippen molar-refractivity contribution >= 4 is 52.2 Å². The van der Waals surface area contributed by atoms with Crippen LogP contribution in [0.3, 0.4) is 0 Å². The largest absolute Gasteiger partial charge is 0.341 e. The van der Waals surface area contributed by atoms with Gasteiger partial charge in [-0.1, -0.05) is 29.2 Å². The molecule has 3 aliphatic heterocycles. The summed E-state index contributed by atoms with van der Waals surface area (Å²) < 4.78 is 1.51. The van der Waals surface area contributed by atoms with Crippen molar-refractivity contribution in [2.75, 3.05) is 13.1 Å². The first-order valence-electron chi connectivity index (χ1n) is 9.60. The van der Waals surface area contributed by atoms with Gasteiger partial charge < -0.3 is 4.90 Å². The lowest BCUT2D eigenvalue weighted by molar-refractivity contribution is -0.133. The number of imide groups is 1. The molecule has 2 unspecified atom stereocenters. The summed E-state index contributed by atoms with van der Waals surface area (Å²) >= 11 is 3.86. The Kier molecular flexibility index (Phi) is 4.87. The van der Waals surface area contributed by atoms with Crippen molar-refractivity contribution in [1.29, 1.82) is 0 Å². The Balaban J connectivity index is 1.55. The van der Waals surface area contributed by atoms with Crippen LogP contribution in [0.1, 0.15) is 34.9 Å². The van der Waals surface area contributed by atoms with Crippen LogP contribution in [-0.4, -0.2) is 45.5 Å². The molecule has 29 heavy (non-hydrogen) atoms. The number of nitrogens with one attached hydrogen (secondary N) is 1. The Morgan fingerprint density at radius 2 is 1.93 bits per heavy atom. The quantitative estimate of drug-likeness (QED) is 0.723. The van der Waals surface area contributed by atoms with E-state index < -0.39 is 11.2 Å². The molecule has 0 aromatic carbocycles. The Bertz CT molecular complexity index is 1040. The summed E-state index contributed by atoms with van der Waals surface area (Å²) in [7, 11) is 0.